The predicted octanol–water partition coefficient (Wildman–Crippen LogP) is -0.458. The van der Waals surface area contributed by atoms with Gasteiger partial charge in [0.15, 0.2) is 0 Å². The molecule has 0 heterocycles. The second-order valence-electron chi connectivity index (χ2n) is 5.54. The highest BCUT2D eigenvalue weighted by Crippen LogP contribution is 2.16. The standard InChI is InChI=1S/C15H20N2O8S/c1-11-2-4-12(5-3-11)26(24,25)17(10-15(22)23)7-6-16(8-13(18)19)9-14(20)21/h2-5H,6-10H2,1H3,(H,18,19)(H,20,21)(H,22,23). The first-order valence-electron chi connectivity index (χ1n) is 7.47. The van der Waals surface area contributed by atoms with Crippen molar-refractivity contribution in [3.8, 4) is 0 Å². The van der Waals surface area contributed by atoms with E-state index < -0.39 is 47.6 Å². The molecule has 0 radical (unpaired) electrons. The number of carbonyl (C=O) groups is 3. The van der Waals surface area contributed by atoms with Crippen LogP contribution in [0.4, 0.5) is 0 Å². The summed E-state index contributed by atoms with van der Waals surface area (Å²) >= 11 is 0. The van der Waals surface area contributed by atoms with Gasteiger partial charge in [-0.25, -0.2) is 8.42 Å². The number of hydrogen-bond donors (Lipinski definition) is 3. The molecule has 1 aromatic rings. The molecule has 0 saturated heterocycles. The van der Waals surface area contributed by atoms with E-state index in [-0.39, 0.29) is 18.0 Å². The van der Waals surface area contributed by atoms with Crippen molar-refractivity contribution in [2.24, 2.45) is 0 Å². The minimum absolute atomic E-state index is 0.104. The van der Waals surface area contributed by atoms with Gasteiger partial charge in [-0.3, -0.25) is 19.3 Å². The van der Waals surface area contributed by atoms with E-state index >= 15 is 0 Å². The van der Waals surface area contributed by atoms with Gasteiger partial charge in [-0.2, -0.15) is 4.31 Å². The van der Waals surface area contributed by atoms with Crippen molar-refractivity contribution in [2.45, 2.75) is 11.8 Å². The van der Waals surface area contributed by atoms with Crippen LogP contribution in [-0.2, 0) is 24.4 Å². The number of carboxylic acid groups (broad SMARTS) is 3. The normalized spacial score (nSPS) is 11.7. The van der Waals surface area contributed by atoms with Gasteiger partial charge in [-0.1, -0.05) is 17.7 Å². The van der Waals surface area contributed by atoms with Crippen molar-refractivity contribution in [1.29, 1.82) is 0 Å². The minimum Gasteiger partial charge on any atom is -0.480 e. The van der Waals surface area contributed by atoms with Gasteiger partial charge in [0.05, 0.1) is 18.0 Å². The molecule has 1 rings (SSSR count). The summed E-state index contributed by atoms with van der Waals surface area (Å²) in [7, 11) is -4.13. The largest absolute Gasteiger partial charge is 0.480 e. The Kier molecular flexibility index (Phi) is 7.68. The SMILES string of the molecule is Cc1ccc(S(=O)(=O)N(CCN(CC(=O)O)CC(=O)O)CC(=O)O)cc1. The molecule has 0 saturated carbocycles. The summed E-state index contributed by atoms with van der Waals surface area (Å²) in [5.41, 5.74) is 0.822. The van der Waals surface area contributed by atoms with E-state index in [1.54, 1.807) is 19.1 Å². The number of hydrogen-bond acceptors (Lipinski definition) is 6. The Morgan fingerprint density at radius 3 is 1.73 bits per heavy atom. The molecular weight excluding hydrogens is 368 g/mol. The highest BCUT2D eigenvalue weighted by Gasteiger charge is 2.27. The van der Waals surface area contributed by atoms with Crippen LogP contribution in [0.15, 0.2) is 29.2 Å². The first kappa shape index (κ1) is 21.5. The van der Waals surface area contributed by atoms with Gasteiger partial charge in [-0.05, 0) is 19.1 Å². The lowest BCUT2D eigenvalue weighted by molar-refractivity contribution is -0.142. The van der Waals surface area contributed by atoms with Gasteiger partial charge in [0.25, 0.3) is 0 Å². The summed E-state index contributed by atoms with van der Waals surface area (Å²) in [5.74, 6) is -3.95. The van der Waals surface area contributed by atoms with Crippen LogP contribution in [0.1, 0.15) is 5.56 Å². The molecule has 0 aliphatic heterocycles. The Labute approximate surface area is 150 Å². The van der Waals surface area contributed by atoms with Gasteiger partial charge in [0.1, 0.15) is 6.54 Å². The minimum atomic E-state index is -4.13. The summed E-state index contributed by atoms with van der Waals surface area (Å²) in [6.45, 7) is -0.916. The van der Waals surface area contributed by atoms with Crippen molar-refractivity contribution in [3.63, 3.8) is 0 Å². The lowest BCUT2D eigenvalue weighted by atomic mass is 10.2. The Morgan fingerprint density at radius 2 is 1.31 bits per heavy atom. The van der Waals surface area contributed by atoms with Crippen LogP contribution in [0, 0.1) is 6.92 Å². The maximum absolute atomic E-state index is 12.6. The highest BCUT2D eigenvalue weighted by atomic mass is 32.2. The summed E-state index contributed by atoms with van der Waals surface area (Å²) in [5, 5.41) is 26.6. The van der Waals surface area contributed by atoms with E-state index in [1.807, 2.05) is 0 Å². The Hall–Kier alpha value is -2.50. The van der Waals surface area contributed by atoms with E-state index in [1.165, 1.54) is 12.1 Å². The quantitative estimate of drug-likeness (QED) is 0.457. The van der Waals surface area contributed by atoms with E-state index in [9.17, 15) is 22.8 Å². The Morgan fingerprint density at radius 1 is 0.846 bits per heavy atom. The second kappa shape index (κ2) is 9.27. The molecule has 0 fully saturated rings. The topological polar surface area (TPSA) is 153 Å². The van der Waals surface area contributed by atoms with E-state index in [2.05, 4.69) is 0 Å². The fourth-order valence-electron chi connectivity index (χ4n) is 2.14. The first-order valence-corrected chi connectivity index (χ1v) is 8.91. The lowest BCUT2D eigenvalue weighted by Crippen LogP contribution is -2.44. The maximum Gasteiger partial charge on any atom is 0.318 e. The number of benzene rings is 1. The van der Waals surface area contributed by atoms with Crippen molar-refractivity contribution in [2.75, 3.05) is 32.7 Å². The molecule has 0 amide bonds. The fourth-order valence-corrected chi connectivity index (χ4v) is 3.52. The number of aryl methyl sites for hydroxylation is 1. The average molecular weight is 388 g/mol. The Bertz CT molecular complexity index is 744. The molecule has 0 bridgehead atoms. The molecule has 3 N–H and O–H groups in total. The average Bonchev–Trinajstić information content (AvgIpc) is 2.50. The summed E-state index contributed by atoms with van der Waals surface area (Å²) in [6.07, 6.45) is 0. The smallest absolute Gasteiger partial charge is 0.318 e. The van der Waals surface area contributed by atoms with Crippen LogP contribution < -0.4 is 0 Å². The number of carboxylic acids is 3. The molecule has 0 unspecified atom stereocenters. The van der Waals surface area contributed by atoms with Gasteiger partial charge in [0.2, 0.25) is 10.0 Å². The van der Waals surface area contributed by atoms with Crippen molar-refractivity contribution >= 4 is 27.9 Å². The first-order chi connectivity index (χ1) is 12.0. The molecule has 0 aromatic heterocycles. The number of sulfonamides is 1. The molecule has 0 spiro atoms. The molecule has 26 heavy (non-hydrogen) atoms. The van der Waals surface area contributed by atoms with Gasteiger partial charge in [-0.15, -0.1) is 0 Å². The van der Waals surface area contributed by atoms with Crippen LogP contribution in [-0.4, -0.2) is 83.6 Å². The van der Waals surface area contributed by atoms with Crippen molar-refractivity contribution in [3.05, 3.63) is 29.8 Å². The molecule has 11 heteroatoms. The highest BCUT2D eigenvalue weighted by molar-refractivity contribution is 7.89. The summed E-state index contributed by atoms with van der Waals surface area (Å²) < 4.78 is 26.0. The van der Waals surface area contributed by atoms with Crippen molar-refractivity contribution in [1.82, 2.24) is 9.21 Å². The molecular formula is C15H20N2O8S. The molecule has 0 aliphatic carbocycles. The van der Waals surface area contributed by atoms with Gasteiger partial charge in [0, 0.05) is 13.1 Å². The number of aliphatic carboxylic acids is 3. The molecule has 0 aliphatic rings. The van der Waals surface area contributed by atoms with Crippen molar-refractivity contribution < 1.29 is 38.1 Å². The van der Waals surface area contributed by atoms with Crippen LogP contribution in [0.5, 0.6) is 0 Å². The number of nitrogens with zero attached hydrogens (tertiary/aromatic N) is 2. The Balaban J connectivity index is 3.01. The zero-order valence-corrected chi connectivity index (χ0v) is 14.8. The zero-order valence-electron chi connectivity index (χ0n) is 14.0. The monoisotopic (exact) mass is 388 g/mol. The number of rotatable bonds is 11. The van der Waals surface area contributed by atoms with Crippen LogP contribution in [0.25, 0.3) is 0 Å². The molecule has 10 nitrogen and oxygen atoms in total. The van der Waals surface area contributed by atoms with Gasteiger partial charge >= 0.3 is 17.9 Å². The van der Waals surface area contributed by atoms with E-state index in [0.29, 0.717) is 4.31 Å². The van der Waals surface area contributed by atoms with E-state index in [4.69, 9.17) is 15.3 Å². The summed E-state index contributed by atoms with van der Waals surface area (Å²) in [6, 6.07) is 5.80. The molecule has 0 atom stereocenters. The third kappa shape index (κ3) is 6.78. The molecule has 144 valence electrons. The van der Waals surface area contributed by atoms with Crippen LogP contribution >= 0.6 is 0 Å². The van der Waals surface area contributed by atoms with E-state index in [0.717, 1.165) is 10.5 Å². The second-order valence-corrected chi connectivity index (χ2v) is 7.48. The zero-order chi connectivity index (χ0) is 19.9. The predicted molar refractivity (Wildman–Crippen MR) is 89.3 cm³/mol. The summed E-state index contributed by atoms with van der Waals surface area (Å²) in [4.78, 5) is 33.5. The third-order valence-corrected chi connectivity index (χ3v) is 5.21. The third-order valence-electron chi connectivity index (χ3n) is 3.35. The lowest BCUT2D eigenvalue weighted by Gasteiger charge is -2.24. The van der Waals surface area contributed by atoms with Crippen LogP contribution in [0.2, 0.25) is 0 Å². The maximum atomic E-state index is 12.6. The molecule has 1 aromatic carbocycles. The van der Waals surface area contributed by atoms with Gasteiger partial charge < -0.3 is 15.3 Å². The fraction of sp³-hybridized carbons (Fsp3) is 0.400. The van der Waals surface area contributed by atoms with Crippen LogP contribution in [0.3, 0.4) is 0 Å².